The van der Waals surface area contributed by atoms with E-state index in [1.54, 1.807) is 20.8 Å². The molecule has 202 valence electrons. The van der Waals surface area contributed by atoms with Crippen LogP contribution in [-0.4, -0.2) is 65.4 Å². The summed E-state index contributed by atoms with van der Waals surface area (Å²) in [7, 11) is 1.23. The Morgan fingerprint density at radius 3 is 2.06 bits per heavy atom. The first-order valence-corrected chi connectivity index (χ1v) is 12.6. The number of thiol groups is 1. The molecule has 36 heavy (non-hydrogen) atoms. The van der Waals surface area contributed by atoms with Crippen LogP contribution in [0.1, 0.15) is 70.7 Å². The summed E-state index contributed by atoms with van der Waals surface area (Å²) in [6.45, 7) is 14.1. The average molecular weight is 524 g/mol. The number of esters is 1. The minimum atomic E-state index is -1.08. The third-order valence-corrected chi connectivity index (χ3v) is 6.25. The number of nitrogens with zero attached hydrogens (tertiary/aromatic N) is 1. The molecule has 0 aliphatic rings. The van der Waals surface area contributed by atoms with Crippen LogP contribution in [0.15, 0.2) is 18.2 Å². The number of ether oxygens (including phenoxy) is 2. The van der Waals surface area contributed by atoms with Crippen LogP contribution in [0.3, 0.4) is 0 Å². The molecule has 0 aromatic heterocycles. The fourth-order valence-electron chi connectivity index (χ4n) is 3.71. The number of nitrogens with one attached hydrogen (secondary N) is 2. The zero-order chi connectivity index (χ0) is 27.8. The standard InChI is InChI=1S/C26H41N3O6S/c1-10-26(7,8)29(23(32)18(15-36)28-24(33)35-25(4,5)6)21(22(31)27-14-19(30)34-9)20-16(2)12-11-13-17(20)3/h11-13,18,21,36H,10,14-15H2,1-9H3,(H,27,31)(H,28,33). The molecule has 0 saturated carbocycles. The fraction of sp³-hybridized carbons (Fsp3) is 0.615. The maximum atomic E-state index is 14.1. The summed E-state index contributed by atoms with van der Waals surface area (Å²) >= 11 is 4.31. The lowest BCUT2D eigenvalue weighted by atomic mass is 9.88. The lowest BCUT2D eigenvalue weighted by Gasteiger charge is -2.45. The topological polar surface area (TPSA) is 114 Å². The van der Waals surface area contributed by atoms with Crippen molar-refractivity contribution < 1.29 is 28.7 Å². The van der Waals surface area contributed by atoms with Gasteiger partial charge in [-0.3, -0.25) is 14.4 Å². The number of rotatable bonds is 10. The van der Waals surface area contributed by atoms with Crippen LogP contribution in [-0.2, 0) is 23.9 Å². The van der Waals surface area contributed by atoms with E-state index in [0.29, 0.717) is 12.0 Å². The first-order chi connectivity index (χ1) is 16.6. The second-order valence-corrected chi connectivity index (χ2v) is 10.6. The van der Waals surface area contributed by atoms with Crippen molar-refractivity contribution in [3.05, 3.63) is 34.9 Å². The molecule has 0 fully saturated rings. The van der Waals surface area contributed by atoms with Crippen LogP contribution in [0.4, 0.5) is 4.79 Å². The van der Waals surface area contributed by atoms with E-state index in [0.717, 1.165) is 11.1 Å². The molecule has 0 spiro atoms. The summed E-state index contributed by atoms with van der Waals surface area (Å²) in [5.41, 5.74) is 0.687. The molecule has 2 unspecified atom stereocenters. The summed E-state index contributed by atoms with van der Waals surface area (Å²) in [5.74, 6) is -1.67. The first kappa shape index (κ1) is 31.3. The number of hydrogen-bond donors (Lipinski definition) is 3. The Balaban J connectivity index is 3.64. The molecule has 9 nitrogen and oxygen atoms in total. The van der Waals surface area contributed by atoms with E-state index in [1.165, 1.54) is 12.0 Å². The van der Waals surface area contributed by atoms with Gasteiger partial charge >= 0.3 is 12.1 Å². The number of hydrogen-bond acceptors (Lipinski definition) is 7. The highest BCUT2D eigenvalue weighted by Crippen LogP contribution is 2.35. The van der Waals surface area contributed by atoms with E-state index in [2.05, 4.69) is 28.0 Å². The second-order valence-electron chi connectivity index (χ2n) is 10.3. The molecule has 0 aliphatic heterocycles. The van der Waals surface area contributed by atoms with Gasteiger partial charge in [-0.2, -0.15) is 12.6 Å². The summed E-state index contributed by atoms with van der Waals surface area (Å²) in [4.78, 5) is 53.5. The Morgan fingerprint density at radius 2 is 1.61 bits per heavy atom. The highest BCUT2D eigenvalue weighted by atomic mass is 32.1. The van der Waals surface area contributed by atoms with Crippen molar-refractivity contribution in [3.8, 4) is 0 Å². The number of benzene rings is 1. The summed E-state index contributed by atoms with van der Waals surface area (Å²) in [6.07, 6.45) is -0.251. The molecule has 0 heterocycles. The number of carbonyl (C=O) groups is 4. The predicted molar refractivity (Wildman–Crippen MR) is 142 cm³/mol. The Morgan fingerprint density at radius 1 is 1.06 bits per heavy atom. The lowest BCUT2D eigenvalue weighted by molar-refractivity contribution is -0.149. The van der Waals surface area contributed by atoms with E-state index >= 15 is 0 Å². The predicted octanol–water partition coefficient (Wildman–Crippen LogP) is 3.47. The Labute approximate surface area is 220 Å². The third kappa shape index (κ3) is 8.43. The van der Waals surface area contributed by atoms with Gasteiger partial charge in [0.25, 0.3) is 0 Å². The van der Waals surface area contributed by atoms with Gasteiger partial charge in [-0.05, 0) is 71.6 Å². The van der Waals surface area contributed by atoms with Gasteiger partial charge in [0.1, 0.15) is 24.2 Å². The van der Waals surface area contributed by atoms with Crippen molar-refractivity contribution in [3.63, 3.8) is 0 Å². The van der Waals surface area contributed by atoms with Crippen LogP contribution < -0.4 is 10.6 Å². The van der Waals surface area contributed by atoms with Gasteiger partial charge in [0.15, 0.2) is 0 Å². The monoisotopic (exact) mass is 523 g/mol. The Hall–Kier alpha value is -2.75. The normalized spacial score (nSPS) is 13.3. The fourth-order valence-corrected chi connectivity index (χ4v) is 3.96. The summed E-state index contributed by atoms with van der Waals surface area (Å²) in [6, 6.07) is 3.45. The van der Waals surface area contributed by atoms with Crippen LogP contribution in [0.2, 0.25) is 0 Å². The van der Waals surface area contributed by atoms with Crippen molar-refractivity contribution in [2.24, 2.45) is 0 Å². The zero-order valence-electron chi connectivity index (χ0n) is 22.9. The number of alkyl carbamates (subject to hydrolysis) is 1. The summed E-state index contributed by atoms with van der Waals surface area (Å²) < 4.78 is 10.00. The molecule has 10 heteroatoms. The van der Waals surface area contributed by atoms with E-state index in [9.17, 15) is 19.2 Å². The molecule has 0 bridgehead atoms. The smallest absolute Gasteiger partial charge is 0.408 e. The number of carbonyl (C=O) groups excluding carboxylic acids is 4. The van der Waals surface area contributed by atoms with Gasteiger partial charge < -0.3 is 25.0 Å². The van der Waals surface area contributed by atoms with Gasteiger partial charge in [0, 0.05) is 11.3 Å². The number of aryl methyl sites for hydroxylation is 2. The molecule has 0 aliphatic carbocycles. The maximum Gasteiger partial charge on any atom is 0.408 e. The largest absolute Gasteiger partial charge is 0.468 e. The van der Waals surface area contributed by atoms with E-state index in [1.807, 2.05) is 52.8 Å². The van der Waals surface area contributed by atoms with Crippen LogP contribution in [0.5, 0.6) is 0 Å². The van der Waals surface area contributed by atoms with Gasteiger partial charge in [-0.25, -0.2) is 4.79 Å². The van der Waals surface area contributed by atoms with Crippen molar-refractivity contribution in [2.75, 3.05) is 19.4 Å². The van der Waals surface area contributed by atoms with Crippen LogP contribution in [0.25, 0.3) is 0 Å². The zero-order valence-corrected chi connectivity index (χ0v) is 23.7. The van der Waals surface area contributed by atoms with Crippen molar-refractivity contribution in [1.29, 1.82) is 0 Å². The quantitative estimate of drug-likeness (QED) is 0.320. The molecular formula is C26H41N3O6S. The highest BCUT2D eigenvalue weighted by molar-refractivity contribution is 7.80. The molecule has 0 saturated heterocycles. The van der Waals surface area contributed by atoms with Gasteiger partial charge in [-0.1, -0.05) is 25.1 Å². The van der Waals surface area contributed by atoms with Gasteiger partial charge in [0.2, 0.25) is 11.8 Å². The Kier molecular flexibility index (Phi) is 11.3. The van der Waals surface area contributed by atoms with Gasteiger partial charge in [-0.15, -0.1) is 0 Å². The molecule has 1 rings (SSSR count). The molecule has 3 amide bonds. The molecule has 1 aromatic rings. The number of methoxy groups -OCH3 is 1. The Bertz CT molecular complexity index is 937. The van der Waals surface area contributed by atoms with Crippen molar-refractivity contribution in [2.45, 2.75) is 85.0 Å². The SMILES string of the molecule is CCC(C)(C)N(C(=O)C(CS)NC(=O)OC(C)(C)C)C(C(=O)NCC(=O)OC)c1c(C)cccc1C. The second kappa shape index (κ2) is 13.0. The third-order valence-electron chi connectivity index (χ3n) is 5.88. The van der Waals surface area contributed by atoms with Crippen molar-refractivity contribution >= 4 is 36.5 Å². The van der Waals surface area contributed by atoms with Crippen LogP contribution in [0, 0.1) is 13.8 Å². The van der Waals surface area contributed by atoms with E-state index in [4.69, 9.17) is 4.74 Å². The summed E-state index contributed by atoms with van der Waals surface area (Å²) in [5, 5.41) is 5.21. The van der Waals surface area contributed by atoms with Crippen molar-refractivity contribution in [1.82, 2.24) is 15.5 Å². The van der Waals surface area contributed by atoms with Gasteiger partial charge in [0.05, 0.1) is 7.11 Å². The van der Waals surface area contributed by atoms with E-state index < -0.39 is 47.1 Å². The average Bonchev–Trinajstić information content (AvgIpc) is 2.78. The van der Waals surface area contributed by atoms with E-state index in [-0.39, 0.29) is 12.3 Å². The molecule has 1 aromatic carbocycles. The maximum absolute atomic E-state index is 14.1. The minimum Gasteiger partial charge on any atom is -0.468 e. The number of amides is 3. The molecular weight excluding hydrogens is 482 g/mol. The highest BCUT2D eigenvalue weighted by Gasteiger charge is 2.43. The minimum absolute atomic E-state index is 0.0162. The molecule has 2 atom stereocenters. The molecule has 2 N–H and O–H groups in total. The lowest BCUT2D eigenvalue weighted by Crippen LogP contribution is -2.60. The molecule has 0 radical (unpaired) electrons. The first-order valence-electron chi connectivity index (χ1n) is 11.9. The van der Waals surface area contributed by atoms with Crippen LogP contribution >= 0.6 is 12.6 Å².